The lowest BCUT2D eigenvalue weighted by atomic mass is 10.1. The van der Waals surface area contributed by atoms with Crippen LogP contribution in [-0.4, -0.2) is 33.3 Å². The van der Waals surface area contributed by atoms with Crippen molar-refractivity contribution < 1.29 is 9.53 Å². The van der Waals surface area contributed by atoms with E-state index >= 15 is 0 Å². The molecule has 0 aliphatic carbocycles. The van der Waals surface area contributed by atoms with Crippen LogP contribution in [0, 0.1) is 0 Å². The number of carbonyl (C=O) groups is 1. The van der Waals surface area contributed by atoms with Gasteiger partial charge in [0.15, 0.2) is 0 Å². The minimum atomic E-state index is -0.481. The van der Waals surface area contributed by atoms with E-state index in [-0.39, 0.29) is 5.54 Å². The van der Waals surface area contributed by atoms with E-state index < -0.39 is 11.7 Å². The maximum Gasteiger partial charge on any atom is 0.407 e. The lowest BCUT2D eigenvalue weighted by Crippen LogP contribution is -2.49. The van der Waals surface area contributed by atoms with Gasteiger partial charge in [-0.1, -0.05) is 0 Å². The van der Waals surface area contributed by atoms with Crippen LogP contribution in [0.15, 0.2) is 12.5 Å². The monoisotopic (exact) mass is 310 g/mol. The molecule has 1 aromatic heterocycles. The van der Waals surface area contributed by atoms with Gasteiger partial charge in [0.1, 0.15) is 5.60 Å². The highest BCUT2D eigenvalue weighted by molar-refractivity contribution is 5.67. The summed E-state index contributed by atoms with van der Waals surface area (Å²) in [4.78, 5) is 15.9. The molecule has 0 aliphatic rings. The third kappa shape index (κ3) is 6.47. The average molecular weight is 310 g/mol. The Labute approximate surface area is 133 Å². The Morgan fingerprint density at radius 2 is 1.95 bits per heavy atom. The van der Waals surface area contributed by atoms with Crippen molar-refractivity contribution in [2.24, 2.45) is 0 Å². The quantitative estimate of drug-likeness (QED) is 0.848. The van der Waals surface area contributed by atoms with E-state index in [0.29, 0.717) is 19.1 Å². The van der Waals surface area contributed by atoms with Crippen molar-refractivity contribution >= 4 is 6.09 Å². The van der Waals surface area contributed by atoms with Gasteiger partial charge < -0.3 is 19.9 Å². The van der Waals surface area contributed by atoms with Gasteiger partial charge in [0.25, 0.3) is 0 Å². The van der Waals surface area contributed by atoms with E-state index in [1.165, 1.54) is 0 Å². The molecular weight excluding hydrogens is 280 g/mol. The third-order valence-electron chi connectivity index (χ3n) is 3.12. The van der Waals surface area contributed by atoms with Gasteiger partial charge >= 0.3 is 6.09 Å². The molecule has 0 fully saturated rings. The van der Waals surface area contributed by atoms with E-state index in [2.05, 4.69) is 34.0 Å². The number of amides is 1. The Morgan fingerprint density at radius 1 is 1.32 bits per heavy atom. The van der Waals surface area contributed by atoms with Crippen molar-refractivity contribution in [2.45, 2.75) is 72.2 Å². The van der Waals surface area contributed by atoms with Crippen LogP contribution in [0.3, 0.4) is 0 Å². The number of nitrogens with one attached hydrogen (secondary N) is 2. The molecule has 1 amide bonds. The SMILES string of the molecule is CC(C)n1cncc1CNC(C)(C)CNC(=O)OC(C)(C)C. The minimum Gasteiger partial charge on any atom is -0.444 e. The number of imidazole rings is 1. The van der Waals surface area contributed by atoms with Crippen LogP contribution in [-0.2, 0) is 11.3 Å². The van der Waals surface area contributed by atoms with Crippen LogP contribution < -0.4 is 10.6 Å². The van der Waals surface area contributed by atoms with Gasteiger partial charge in [-0.15, -0.1) is 0 Å². The van der Waals surface area contributed by atoms with E-state index in [9.17, 15) is 4.79 Å². The van der Waals surface area contributed by atoms with Gasteiger partial charge in [-0.2, -0.15) is 0 Å². The van der Waals surface area contributed by atoms with Gasteiger partial charge in [-0.25, -0.2) is 9.78 Å². The molecule has 126 valence electrons. The molecule has 0 saturated carbocycles. The molecule has 0 spiro atoms. The molecular formula is C16H30N4O2. The normalized spacial score (nSPS) is 12.5. The van der Waals surface area contributed by atoms with E-state index in [4.69, 9.17) is 4.74 Å². The lowest BCUT2D eigenvalue weighted by molar-refractivity contribution is 0.0513. The Balaban J connectivity index is 2.47. The summed E-state index contributed by atoms with van der Waals surface area (Å²) in [7, 11) is 0. The summed E-state index contributed by atoms with van der Waals surface area (Å²) in [5, 5.41) is 6.24. The molecule has 0 atom stereocenters. The second kappa shape index (κ2) is 7.13. The van der Waals surface area contributed by atoms with Crippen molar-refractivity contribution in [3.05, 3.63) is 18.2 Å². The van der Waals surface area contributed by atoms with E-state index in [1.54, 1.807) is 0 Å². The summed E-state index contributed by atoms with van der Waals surface area (Å²) in [6.45, 7) is 15.1. The molecule has 0 saturated heterocycles. The summed E-state index contributed by atoms with van der Waals surface area (Å²) in [6, 6.07) is 0.377. The van der Waals surface area contributed by atoms with Gasteiger partial charge in [0.2, 0.25) is 0 Å². The number of alkyl carbamates (subject to hydrolysis) is 1. The van der Waals surface area contributed by atoms with Crippen molar-refractivity contribution in [2.75, 3.05) is 6.54 Å². The zero-order valence-corrected chi connectivity index (χ0v) is 14.9. The Bertz CT molecular complexity index is 487. The van der Waals surface area contributed by atoms with Crippen LogP contribution in [0.2, 0.25) is 0 Å². The van der Waals surface area contributed by atoms with E-state index in [1.807, 2.05) is 47.1 Å². The van der Waals surface area contributed by atoms with Gasteiger partial charge in [-0.05, 0) is 48.5 Å². The van der Waals surface area contributed by atoms with Gasteiger partial charge in [0, 0.05) is 30.9 Å². The molecule has 1 rings (SSSR count). The van der Waals surface area contributed by atoms with Crippen LogP contribution >= 0.6 is 0 Å². The van der Waals surface area contributed by atoms with Crippen molar-refractivity contribution in [3.63, 3.8) is 0 Å². The fraction of sp³-hybridized carbons (Fsp3) is 0.750. The highest BCUT2D eigenvalue weighted by Crippen LogP contribution is 2.11. The number of hydrogen-bond acceptors (Lipinski definition) is 4. The Morgan fingerprint density at radius 3 is 2.50 bits per heavy atom. The Hall–Kier alpha value is -1.56. The number of ether oxygens (including phenoxy) is 1. The largest absolute Gasteiger partial charge is 0.444 e. The molecule has 1 heterocycles. The van der Waals surface area contributed by atoms with Crippen molar-refractivity contribution in [1.82, 2.24) is 20.2 Å². The molecule has 0 aromatic carbocycles. The van der Waals surface area contributed by atoms with E-state index in [0.717, 1.165) is 5.69 Å². The fourth-order valence-electron chi connectivity index (χ4n) is 1.93. The first-order chi connectivity index (χ1) is 10.0. The number of rotatable bonds is 6. The van der Waals surface area contributed by atoms with Crippen LogP contribution in [0.1, 0.15) is 60.2 Å². The first kappa shape index (κ1) is 18.5. The summed E-state index contributed by atoms with van der Waals surface area (Å²) >= 11 is 0. The lowest BCUT2D eigenvalue weighted by Gasteiger charge is -2.28. The molecule has 2 N–H and O–H groups in total. The van der Waals surface area contributed by atoms with Crippen LogP contribution in [0.4, 0.5) is 4.79 Å². The third-order valence-corrected chi connectivity index (χ3v) is 3.12. The number of carbonyl (C=O) groups excluding carboxylic acids is 1. The fourth-order valence-corrected chi connectivity index (χ4v) is 1.93. The second-order valence-electron chi connectivity index (χ2n) is 7.48. The average Bonchev–Trinajstić information content (AvgIpc) is 2.81. The topological polar surface area (TPSA) is 68.2 Å². The highest BCUT2D eigenvalue weighted by Gasteiger charge is 2.21. The molecule has 1 aromatic rings. The first-order valence-electron chi connectivity index (χ1n) is 7.73. The highest BCUT2D eigenvalue weighted by atomic mass is 16.6. The van der Waals surface area contributed by atoms with Crippen LogP contribution in [0.25, 0.3) is 0 Å². The maximum atomic E-state index is 11.7. The summed E-state index contributed by atoms with van der Waals surface area (Å²) < 4.78 is 7.37. The molecule has 0 bridgehead atoms. The zero-order valence-electron chi connectivity index (χ0n) is 14.9. The smallest absolute Gasteiger partial charge is 0.407 e. The summed E-state index contributed by atoms with van der Waals surface area (Å²) in [5.74, 6) is 0. The minimum absolute atomic E-state index is 0.247. The molecule has 6 heteroatoms. The molecule has 22 heavy (non-hydrogen) atoms. The molecule has 6 nitrogen and oxygen atoms in total. The summed E-state index contributed by atoms with van der Waals surface area (Å²) in [6.07, 6.45) is 3.31. The predicted octanol–water partition coefficient (Wildman–Crippen LogP) is 2.86. The van der Waals surface area contributed by atoms with Gasteiger partial charge in [-0.3, -0.25) is 0 Å². The molecule has 0 radical (unpaired) electrons. The zero-order chi connectivity index (χ0) is 17.0. The van der Waals surface area contributed by atoms with Crippen molar-refractivity contribution in [3.8, 4) is 0 Å². The first-order valence-corrected chi connectivity index (χ1v) is 7.73. The number of hydrogen-bond donors (Lipinski definition) is 2. The predicted molar refractivity (Wildman–Crippen MR) is 87.8 cm³/mol. The van der Waals surface area contributed by atoms with Crippen molar-refractivity contribution in [1.29, 1.82) is 0 Å². The standard InChI is InChI=1S/C16H30N4O2/c1-12(2)20-11-17-8-13(20)9-19-16(6,7)10-18-14(21)22-15(3,4)5/h8,11-12,19H,9-10H2,1-7H3,(H,18,21). The number of aromatic nitrogens is 2. The summed E-state index contributed by atoms with van der Waals surface area (Å²) in [5.41, 5.74) is 0.398. The number of nitrogens with zero attached hydrogens (tertiary/aromatic N) is 2. The Kier molecular flexibility index (Phi) is 6.00. The van der Waals surface area contributed by atoms with Crippen LogP contribution in [0.5, 0.6) is 0 Å². The second-order valence-corrected chi connectivity index (χ2v) is 7.48. The van der Waals surface area contributed by atoms with Gasteiger partial charge in [0.05, 0.1) is 12.0 Å². The molecule has 0 aliphatic heterocycles. The molecule has 0 unspecified atom stereocenters. The maximum absolute atomic E-state index is 11.7.